The SMILES string of the molecule is CCC(O)CCNCCCCC(C)(C)C#N. The van der Waals surface area contributed by atoms with Gasteiger partial charge in [-0.05, 0) is 52.6 Å². The molecule has 0 rings (SSSR count). The van der Waals surface area contributed by atoms with Crippen molar-refractivity contribution in [1.82, 2.24) is 5.32 Å². The van der Waals surface area contributed by atoms with Gasteiger partial charge in [0.2, 0.25) is 0 Å². The molecular weight excluding hydrogens is 200 g/mol. The van der Waals surface area contributed by atoms with Gasteiger partial charge >= 0.3 is 0 Å². The molecule has 0 amide bonds. The molecule has 3 heteroatoms. The van der Waals surface area contributed by atoms with Gasteiger partial charge in [0.1, 0.15) is 0 Å². The number of nitriles is 1. The number of nitrogens with zero attached hydrogens (tertiary/aromatic N) is 1. The molecular formula is C13H26N2O. The lowest BCUT2D eigenvalue weighted by molar-refractivity contribution is 0.160. The molecule has 0 bridgehead atoms. The third kappa shape index (κ3) is 8.70. The minimum Gasteiger partial charge on any atom is -0.393 e. The maximum Gasteiger partial charge on any atom is 0.0683 e. The molecule has 0 radical (unpaired) electrons. The summed E-state index contributed by atoms with van der Waals surface area (Å²) in [5.74, 6) is 0. The molecule has 0 aliphatic carbocycles. The predicted molar refractivity (Wildman–Crippen MR) is 67.0 cm³/mol. The van der Waals surface area contributed by atoms with Gasteiger partial charge in [-0.3, -0.25) is 0 Å². The first-order chi connectivity index (χ1) is 7.52. The number of unbranched alkanes of at least 4 members (excludes halogenated alkanes) is 1. The van der Waals surface area contributed by atoms with Crippen molar-refractivity contribution in [2.45, 2.75) is 59.0 Å². The average Bonchev–Trinajstić information content (AvgIpc) is 2.27. The first-order valence-corrected chi connectivity index (χ1v) is 6.32. The molecule has 16 heavy (non-hydrogen) atoms. The fourth-order valence-electron chi connectivity index (χ4n) is 1.47. The second-order valence-electron chi connectivity index (χ2n) is 5.05. The summed E-state index contributed by atoms with van der Waals surface area (Å²) < 4.78 is 0. The maximum absolute atomic E-state index is 9.32. The Morgan fingerprint density at radius 3 is 2.56 bits per heavy atom. The molecule has 0 saturated heterocycles. The van der Waals surface area contributed by atoms with E-state index < -0.39 is 0 Å². The fraction of sp³-hybridized carbons (Fsp3) is 0.923. The number of hydrogen-bond donors (Lipinski definition) is 2. The smallest absolute Gasteiger partial charge is 0.0683 e. The minimum atomic E-state index is -0.182. The third-order valence-corrected chi connectivity index (χ3v) is 2.83. The Balaban J connectivity index is 3.26. The Labute approximate surface area is 99.9 Å². The van der Waals surface area contributed by atoms with Gasteiger partial charge in [-0.15, -0.1) is 0 Å². The fourth-order valence-corrected chi connectivity index (χ4v) is 1.47. The highest BCUT2D eigenvalue weighted by molar-refractivity contribution is 4.91. The number of nitrogens with one attached hydrogen (secondary N) is 1. The van der Waals surface area contributed by atoms with E-state index in [0.29, 0.717) is 0 Å². The summed E-state index contributed by atoms with van der Waals surface area (Å²) in [6.07, 6.45) is 4.66. The summed E-state index contributed by atoms with van der Waals surface area (Å²) in [5.41, 5.74) is -0.182. The quantitative estimate of drug-likeness (QED) is 0.594. The zero-order valence-electron chi connectivity index (χ0n) is 10.9. The second kappa shape index (κ2) is 8.55. The van der Waals surface area contributed by atoms with Crippen LogP contribution in [0, 0.1) is 16.7 Å². The van der Waals surface area contributed by atoms with Crippen LogP contribution in [0.25, 0.3) is 0 Å². The summed E-state index contributed by atoms with van der Waals surface area (Å²) in [6, 6.07) is 2.31. The lowest BCUT2D eigenvalue weighted by Gasteiger charge is -2.14. The molecule has 1 unspecified atom stereocenters. The maximum atomic E-state index is 9.32. The van der Waals surface area contributed by atoms with Gasteiger partial charge < -0.3 is 10.4 Å². The molecule has 1 atom stereocenters. The number of aliphatic hydroxyl groups is 1. The first kappa shape index (κ1) is 15.4. The van der Waals surface area contributed by atoms with E-state index in [1.54, 1.807) is 0 Å². The van der Waals surface area contributed by atoms with Gasteiger partial charge in [0.05, 0.1) is 17.6 Å². The zero-order chi connectivity index (χ0) is 12.4. The number of aliphatic hydroxyl groups excluding tert-OH is 1. The van der Waals surface area contributed by atoms with Gasteiger partial charge in [0.25, 0.3) is 0 Å². The summed E-state index contributed by atoms with van der Waals surface area (Å²) in [5, 5.41) is 21.5. The topological polar surface area (TPSA) is 56.0 Å². The van der Waals surface area contributed by atoms with E-state index in [2.05, 4.69) is 11.4 Å². The highest BCUT2D eigenvalue weighted by Crippen LogP contribution is 2.21. The van der Waals surface area contributed by atoms with E-state index in [-0.39, 0.29) is 11.5 Å². The normalized spacial score (nSPS) is 13.4. The molecule has 0 spiro atoms. The van der Waals surface area contributed by atoms with Crippen molar-refractivity contribution >= 4 is 0 Å². The Morgan fingerprint density at radius 1 is 1.31 bits per heavy atom. The molecule has 0 aromatic carbocycles. The molecule has 0 aromatic heterocycles. The van der Waals surface area contributed by atoms with E-state index >= 15 is 0 Å². The van der Waals surface area contributed by atoms with Crippen LogP contribution < -0.4 is 5.32 Å². The van der Waals surface area contributed by atoms with Crippen LogP contribution in [0.1, 0.15) is 52.9 Å². The average molecular weight is 226 g/mol. The molecule has 2 N–H and O–H groups in total. The van der Waals surface area contributed by atoms with E-state index in [0.717, 1.165) is 45.2 Å². The largest absolute Gasteiger partial charge is 0.393 e. The Morgan fingerprint density at radius 2 is 2.00 bits per heavy atom. The summed E-state index contributed by atoms with van der Waals surface area (Å²) in [4.78, 5) is 0. The second-order valence-corrected chi connectivity index (χ2v) is 5.05. The van der Waals surface area contributed by atoms with E-state index in [4.69, 9.17) is 5.26 Å². The van der Waals surface area contributed by atoms with Gasteiger partial charge in [-0.2, -0.15) is 5.26 Å². The first-order valence-electron chi connectivity index (χ1n) is 6.32. The van der Waals surface area contributed by atoms with Gasteiger partial charge in [0.15, 0.2) is 0 Å². The van der Waals surface area contributed by atoms with Crippen molar-refractivity contribution in [1.29, 1.82) is 5.26 Å². The van der Waals surface area contributed by atoms with Crippen molar-refractivity contribution in [2.75, 3.05) is 13.1 Å². The molecule has 0 fully saturated rings. The highest BCUT2D eigenvalue weighted by atomic mass is 16.3. The van der Waals surface area contributed by atoms with Crippen LogP contribution in [0.4, 0.5) is 0 Å². The van der Waals surface area contributed by atoms with Crippen molar-refractivity contribution in [2.24, 2.45) is 5.41 Å². The molecule has 0 aliphatic heterocycles. The number of rotatable bonds is 9. The third-order valence-electron chi connectivity index (χ3n) is 2.83. The van der Waals surface area contributed by atoms with Gasteiger partial charge in [-0.1, -0.05) is 13.3 Å². The van der Waals surface area contributed by atoms with Crippen molar-refractivity contribution in [3.05, 3.63) is 0 Å². The number of hydrogen-bond acceptors (Lipinski definition) is 3. The highest BCUT2D eigenvalue weighted by Gasteiger charge is 2.15. The molecule has 0 saturated carbocycles. The van der Waals surface area contributed by atoms with Gasteiger partial charge in [-0.25, -0.2) is 0 Å². The Hall–Kier alpha value is -0.590. The van der Waals surface area contributed by atoms with Crippen LogP contribution in [-0.2, 0) is 0 Å². The molecule has 3 nitrogen and oxygen atoms in total. The molecule has 0 heterocycles. The summed E-state index contributed by atoms with van der Waals surface area (Å²) in [7, 11) is 0. The van der Waals surface area contributed by atoms with E-state index in [1.807, 2.05) is 20.8 Å². The molecule has 94 valence electrons. The van der Waals surface area contributed by atoms with Crippen molar-refractivity contribution in [3.8, 4) is 6.07 Å². The van der Waals surface area contributed by atoms with Crippen LogP contribution in [0.5, 0.6) is 0 Å². The monoisotopic (exact) mass is 226 g/mol. The molecule has 0 aliphatic rings. The summed E-state index contributed by atoms with van der Waals surface area (Å²) >= 11 is 0. The van der Waals surface area contributed by atoms with E-state index in [9.17, 15) is 5.11 Å². The Bertz CT molecular complexity index is 208. The van der Waals surface area contributed by atoms with Crippen molar-refractivity contribution < 1.29 is 5.11 Å². The van der Waals surface area contributed by atoms with Gasteiger partial charge in [0, 0.05) is 0 Å². The van der Waals surface area contributed by atoms with Crippen LogP contribution in [0.3, 0.4) is 0 Å². The standard InChI is InChI=1S/C13H26N2O/c1-4-12(16)7-10-15-9-6-5-8-13(2,3)11-14/h12,15-16H,4-10H2,1-3H3. The summed E-state index contributed by atoms with van der Waals surface area (Å²) in [6.45, 7) is 7.83. The lowest BCUT2D eigenvalue weighted by Crippen LogP contribution is -2.21. The minimum absolute atomic E-state index is 0.162. The van der Waals surface area contributed by atoms with Crippen molar-refractivity contribution in [3.63, 3.8) is 0 Å². The molecule has 0 aromatic rings. The van der Waals surface area contributed by atoms with Crippen LogP contribution in [0.2, 0.25) is 0 Å². The predicted octanol–water partition coefficient (Wildman–Crippen LogP) is 2.46. The van der Waals surface area contributed by atoms with E-state index in [1.165, 1.54) is 0 Å². The van der Waals surface area contributed by atoms with Crippen LogP contribution in [-0.4, -0.2) is 24.3 Å². The Kier molecular flexibility index (Phi) is 8.23. The zero-order valence-corrected chi connectivity index (χ0v) is 10.9. The van der Waals surface area contributed by atoms with Crippen LogP contribution >= 0.6 is 0 Å². The lowest BCUT2D eigenvalue weighted by atomic mass is 9.89. The van der Waals surface area contributed by atoms with Crippen LogP contribution in [0.15, 0.2) is 0 Å².